The van der Waals surface area contributed by atoms with E-state index in [0.717, 1.165) is 35.6 Å². The molecule has 0 aliphatic carbocycles. The van der Waals surface area contributed by atoms with Crippen LogP contribution in [0.3, 0.4) is 0 Å². The number of nitrogen functional groups attached to an aromatic ring is 1. The Morgan fingerprint density at radius 3 is 1.06 bits per heavy atom. The SMILES string of the molecule is CCOc1nc(N)nc2c1ncn2[C@@H]1O[C@](F)(COP(=O)(OCOC(=O)OC(C)C)OCOC(=O)OC(C)C)[C@@H](O)[C@@]1(C)O.[3H]CCNc1nc(OCC)c2ncn([C@@H]3O[C@](F)(CO)[C@@H](O)[C@@]3(C)O)c2n1.[3H]CCNc1nc(OCC)c2ncn([C@@H]3O[C@](F)(COP(=O)(OCOC(=O)OC(C)C)OCOC(=O)OC(C)C)[C@@H](O)[C@@]3(C)O)c2n1. The fraction of sp³-hybridized carbons (Fsp3) is 0.698. The average Bonchev–Trinajstić information content (AvgIpc) is 1.59. The third-order valence-electron chi connectivity index (χ3n) is 15.6. The Hall–Kier alpha value is -8.86. The van der Waals surface area contributed by atoms with E-state index in [-0.39, 0.29) is 103 Å². The second-order valence-corrected chi connectivity index (χ2v) is 29.5. The van der Waals surface area contributed by atoms with Crippen LogP contribution in [-0.2, 0) is 88.4 Å². The van der Waals surface area contributed by atoms with E-state index in [0.29, 0.717) is 13.2 Å². The molecule has 3 aliphatic heterocycles. The molecule has 0 saturated carbocycles. The number of aliphatic hydroxyl groups is 7. The van der Waals surface area contributed by atoms with Crippen LogP contribution in [0.1, 0.15) is 132 Å². The molecule has 0 bridgehead atoms. The molecule has 116 heavy (non-hydrogen) atoms. The maximum absolute atomic E-state index is 16.3. The van der Waals surface area contributed by atoms with Gasteiger partial charge in [0.2, 0.25) is 62.7 Å². The summed E-state index contributed by atoms with van der Waals surface area (Å²) in [5, 5.41) is 79.7. The number of phosphoric acid groups is 2. The zero-order valence-corrected chi connectivity index (χ0v) is 66.9. The van der Waals surface area contributed by atoms with Gasteiger partial charge in [0.15, 0.2) is 52.2 Å². The Morgan fingerprint density at radius 1 is 0.500 bits per heavy atom. The van der Waals surface area contributed by atoms with Crippen LogP contribution in [0.4, 0.5) is 50.2 Å². The van der Waals surface area contributed by atoms with Gasteiger partial charge in [0, 0.05) is 15.8 Å². The van der Waals surface area contributed by atoms with E-state index in [1.807, 2.05) is 0 Å². The minimum atomic E-state index is -4.97. The van der Waals surface area contributed by atoms with Crippen LogP contribution >= 0.6 is 15.6 Å². The summed E-state index contributed by atoms with van der Waals surface area (Å²) in [7, 11) is -9.93. The number of nitrogens with zero attached hydrogens (tertiary/aromatic N) is 12. The number of anilines is 3. The third-order valence-corrected chi connectivity index (χ3v) is 18.2. The number of nitrogens with two attached hydrogens (primary N) is 1. The van der Waals surface area contributed by atoms with E-state index < -0.39 is 183 Å². The second-order valence-electron chi connectivity index (χ2n) is 26.2. The topological polar surface area (TPSA) is 610 Å². The zero-order valence-electron chi connectivity index (χ0n) is 67.1. The summed E-state index contributed by atoms with van der Waals surface area (Å²) in [4.78, 5) is 84.1. The van der Waals surface area contributed by atoms with Gasteiger partial charge in [-0.25, -0.2) is 74.5 Å². The fourth-order valence-electron chi connectivity index (χ4n) is 10.5. The number of phosphoric ester groups is 2. The zero-order chi connectivity index (χ0) is 87.7. The average molecular weight is 1710 g/mol. The highest BCUT2D eigenvalue weighted by atomic mass is 31.2. The molecular formula is C63H96F3N15O33P2. The summed E-state index contributed by atoms with van der Waals surface area (Å²) < 4.78 is 191. The summed E-state index contributed by atoms with van der Waals surface area (Å²) in [5.74, 6) is -9.21. The normalized spacial score (nSPS) is 25.4. The molecule has 12 atom stereocenters. The van der Waals surface area contributed by atoms with Crippen LogP contribution in [0.5, 0.6) is 17.6 Å². The molecule has 0 spiro atoms. The number of carbonyl (C=O) groups is 4. The number of nitrogens with one attached hydrogen (secondary N) is 2. The van der Waals surface area contributed by atoms with Crippen molar-refractivity contribution in [1.29, 1.82) is 0 Å². The highest BCUT2D eigenvalue weighted by Gasteiger charge is 2.66. The van der Waals surface area contributed by atoms with Crippen LogP contribution in [0.25, 0.3) is 33.5 Å². The molecule has 6 aromatic heterocycles. The molecule has 9 rings (SSSR count). The largest absolute Gasteiger partial charge is 0.510 e. The van der Waals surface area contributed by atoms with E-state index in [2.05, 4.69) is 74.4 Å². The van der Waals surface area contributed by atoms with Crippen molar-refractivity contribution in [1.82, 2.24) is 58.6 Å². The number of hydrogen-bond acceptors (Lipinski definition) is 45. The number of fused-ring (bicyclic) bond motifs is 3. The number of imidazole rings is 3. The number of hydrogen-bond donors (Lipinski definition) is 10. The lowest BCUT2D eigenvalue weighted by atomic mass is 9.95. The van der Waals surface area contributed by atoms with E-state index in [4.69, 9.17) is 83.0 Å². The van der Waals surface area contributed by atoms with Crippen molar-refractivity contribution in [2.24, 2.45) is 0 Å². The number of rotatable bonds is 36. The van der Waals surface area contributed by atoms with Crippen molar-refractivity contribution in [2.45, 2.75) is 207 Å². The Kier molecular flexibility index (Phi) is 31.1. The quantitative estimate of drug-likeness (QED) is 0.0101. The maximum Gasteiger partial charge on any atom is 0.510 e. The second kappa shape index (κ2) is 39.6. The van der Waals surface area contributed by atoms with E-state index in [9.17, 15) is 68.4 Å². The predicted molar refractivity (Wildman–Crippen MR) is 383 cm³/mol. The molecule has 0 aromatic carbocycles. The van der Waals surface area contributed by atoms with Gasteiger partial charge in [0.1, 0.15) is 54.9 Å². The molecule has 0 unspecified atom stereocenters. The van der Waals surface area contributed by atoms with Gasteiger partial charge in [0.25, 0.3) is 17.6 Å². The lowest BCUT2D eigenvalue weighted by Gasteiger charge is -2.28. The smallest absolute Gasteiger partial charge is 0.476 e. The molecule has 652 valence electrons. The van der Waals surface area contributed by atoms with E-state index in [1.54, 1.807) is 20.8 Å². The fourth-order valence-corrected chi connectivity index (χ4v) is 12.3. The number of aromatic nitrogens is 12. The first-order valence-corrected chi connectivity index (χ1v) is 38.0. The highest BCUT2D eigenvalue weighted by Crippen LogP contribution is 2.56. The molecule has 53 heteroatoms. The summed E-state index contributed by atoms with van der Waals surface area (Å²) in [6, 6.07) is 0. The first kappa shape index (κ1) is 91.0. The number of ether oxygens (including phenoxy) is 14. The summed E-state index contributed by atoms with van der Waals surface area (Å²) in [6.07, 6.45) is -15.1. The van der Waals surface area contributed by atoms with Crippen molar-refractivity contribution in [2.75, 3.05) is 96.3 Å². The van der Waals surface area contributed by atoms with Gasteiger partial charge in [-0.3, -0.25) is 22.7 Å². The van der Waals surface area contributed by atoms with Gasteiger partial charge in [-0.2, -0.15) is 29.9 Å². The van der Waals surface area contributed by atoms with Crippen LogP contribution in [-0.4, -0.2) is 276 Å². The Labute approximate surface area is 661 Å². The van der Waals surface area contributed by atoms with Gasteiger partial charge in [-0.15, -0.1) is 0 Å². The highest BCUT2D eigenvalue weighted by molar-refractivity contribution is 7.48. The molecule has 48 nitrogen and oxygen atoms in total. The number of alkyl halides is 3. The van der Waals surface area contributed by atoms with Crippen LogP contribution in [0.2, 0.25) is 0 Å². The molecule has 0 amide bonds. The van der Waals surface area contributed by atoms with Crippen molar-refractivity contribution in [3.05, 3.63) is 19.0 Å². The monoisotopic (exact) mass is 1710 g/mol. The summed E-state index contributed by atoms with van der Waals surface area (Å²) in [6.45, 7) is 13.8. The van der Waals surface area contributed by atoms with Gasteiger partial charge < -0.3 is 118 Å². The molecule has 11 N–H and O–H groups in total. The first-order valence-electron chi connectivity index (χ1n) is 36.5. The summed E-state index contributed by atoms with van der Waals surface area (Å²) >= 11 is 0. The molecule has 3 fully saturated rings. The van der Waals surface area contributed by atoms with E-state index in [1.165, 1.54) is 73.2 Å². The van der Waals surface area contributed by atoms with Crippen LogP contribution < -0.4 is 30.6 Å². The van der Waals surface area contributed by atoms with Gasteiger partial charge in [0.05, 0.1) is 63.2 Å². The lowest BCUT2D eigenvalue weighted by Crippen LogP contribution is -2.49. The third kappa shape index (κ3) is 22.9. The van der Waals surface area contributed by atoms with E-state index >= 15 is 8.78 Å². The van der Waals surface area contributed by atoms with Crippen molar-refractivity contribution < 1.29 is 173 Å². The number of carbonyl (C=O) groups excluding carboxylic acids is 4. The molecular weight excluding hydrogens is 1610 g/mol. The Bertz CT molecular complexity index is 4390. The Morgan fingerprint density at radius 2 is 0.784 bits per heavy atom. The minimum absolute atomic E-state index is 0.00122. The number of halogens is 3. The maximum atomic E-state index is 16.3. The minimum Gasteiger partial charge on any atom is -0.476 e. The van der Waals surface area contributed by atoms with Crippen molar-refractivity contribution in [3.63, 3.8) is 0 Å². The summed E-state index contributed by atoms with van der Waals surface area (Å²) in [5.41, 5.74) is -0.474. The molecule has 3 aliphatic rings. The first-order chi connectivity index (χ1) is 55.3. The van der Waals surface area contributed by atoms with Crippen molar-refractivity contribution >= 4 is 91.6 Å². The van der Waals surface area contributed by atoms with Gasteiger partial charge in [-0.1, -0.05) is 0 Å². The van der Waals surface area contributed by atoms with Crippen LogP contribution in [0.15, 0.2) is 19.0 Å². The van der Waals surface area contributed by atoms with Gasteiger partial charge in [-0.05, 0) is 111 Å². The molecule has 3 saturated heterocycles. The molecule has 0 radical (unpaired) electrons. The van der Waals surface area contributed by atoms with Crippen molar-refractivity contribution in [3.8, 4) is 17.6 Å². The number of aliphatic hydroxyl groups excluding tert-OH is 4. The molecule has 9 heterocycles. The standard InChI is InChI=1S/C25H39FN5O14P.C23H35FN5O14P.C15H22FN5O5/c1-8-27-21-29-17-16(18(30-21)37-9-2)28-11-31(17)20-24(7,35)19(32)25(26,45-20)10-40-46(36,41-12-38-22(33)43-14(3)4)42-13-39-23(34)44-15(5)6;1-7-35-16-14-15(27-19(25)28-16)29(9-26-14)18-22(6,33)17(30)23(24,43-18)8-38-44(34,39-10-36-20(31)41-12(2)3)40-11-37-21(32)42-13(4)5;1-4-17-13-19-9-8(10(20-13)25-5-2)18-7-21(9)12-14(3,24)11(23)15(16,6-22)26-12/h11,14-15,19-20,32,35H,8-10,12-13H2,1-7H3,(H,27,29,30);9,12-13,17-18,30,33H,7-8,10-11H2,1-6H3,(H2,25,27,28);7,11-12,22-24H,4-6H2,1-3H3,(H,17,19,20)/t19-,20+,24+,25+;17-,18+,22+,23+;11-,12+,14+,15+/m000/s1/i1T;;1T. The van der Waals surface area contributed by atoms with Gasteiger partial charge >= 0.3 is 40.3 Å². The molecule has 6 aromatic rings. The Balaban J connectivity index is 0.000000253. The lowest BCUT2D eigenvalue weighted by molar-refractivity contribution is -0.206. The van der Waals surface area contributed by atoms with Crippen LogP contribution in [0, 0.1) is 0 Å². The predicted octanol–water partition coefficient (Wildman–Crippen LogP) is 5.42.